The summed E-state index contributed by atoms with van der Waals surface area (Å²) in [5.74, 6) is 1.56. The number of nitrogens with one attached hydrogen (secondary N) is 1. The third-order valence-electron chi connectivity index (χ3n) is 4.63. The van der Waals surface area contributed by atoms with E-state index < -0.39 is 0 Å². The number of hydrogen-bond donors (Lipinski definition) is 2. The van der Waals surface area contributed by atoms with Crippen LogP contribution in [0.25, 0.3) is 0 Å². The van der Waals surface area contributed by atoms with Crippen molar-refractivity contribution in [3.63, 3.8) is 0 Å². The lowest BCUT2D eigenvalue weighted by atomic mass is 9.80. The summed E-state index contributed by atoms with van der Waals surface area (Å²) in [7, 11) is 0. The van der Waals surface area contributed by atoms with Crippen LogP contribution >= 0.6 is 0 Å². The highest BCUT2D eigenvalue weighted by molar-refractivity contribution is 5.76. The van der Waals surface area contributed by atoms with E-state index in [0.717, 1.165) is 25.9 Å². The lowest BCUT2D eigenvalue weighted by Gasteiger charge is -2.27. The normalized spacial score (nSPS) is 22.7. The number of nitrogens with two attached hydrogens (primary N) is 1. The van der Waals surface area contributed by atoms with Gasteiger partial charge in [0.2, 0.25) is 5.91 Å². The van der Waals surface area contributed by atoms with Gasteiger partial charge in [-0.3, -0.25) is 4.79 Å². The van der Waals surface area contributed by atoms with Gasteiger partial charge in [0.25, 0.3) is 0 Å². The zero-order valence-corrected chi connectivity index (χ0v) is 13.3. The molecular weight excluding hydrogens is 248 g/mol. The topological polar surface area (TPSA) is 55.1 Å². The lowest BCUT2D eigenvalue weighted by Crippen LogP contribution is -2.29. The van der Waals surface area contributed by atoms with E-state index in [9.17, 15) is 4.79 Å². The Balaban J connectivity index is 1.95. The molecule has 0 spiro atoms. The molecule has 1 rings (SSSR count). The zero-order valence-electron chi connectivity index (χ0n) is 13.3. The minimum atomic E-state index is 0.259. The average Bonchev–Trinajstić information content (AvgIpc) is 2.47. The van der Waals surface area contributed by atoms with Crippen molar-refractivity contribution < 1.29 is 4.79 Å². The predicted octanol–water partition coefficient (Wildman–Crippen LogP) is 3.62. The fourth-order valence-corrected chi connectivity index (χ4v) is 3.14. The van der Waals surface area contributed by atoms with E-state index in [1.54, 1.807) is 0 Å². The molecule has 0 atom stereocenters. The third-order valence-corrected chi connectivity index (χ3v) is 4.63. The number of carbonyl (C=O) groups is 1. The molecule has 1 aliphatic carbocycles. The Morgan fingerprint density at radius 3 is 2.25 bits per heavy atom. The first-order valence-electron chi connectivity index (χ1n) is 8.73. The van der Waals surface area contributed by atoms with Crippen LogP contribution in [0.4, 0.5) is 0 Å². The second-order valence-corrected chi connectivity index (χ2v) is 6.44. The first-order valence-corrected chi connectivity index (χ1v) is 8.73. The Bertz CT molecular complexity index is 247. The lowest BCUT2D eigenvalue weighted by molar-refractivity contribution is -0.122. The molecule has 0 radical (unpaired) electrons. The Morgan fingerprint density at radius 2 is 1.60 bits per heavy atom. The van der Waals surface area contributed by atoms with Crippen LogP contribution in [0.1, 0.15) is 77.6 Å². The highest BCUT2D eigenvalue weighted by Crippen LogP contribution is 2.29. The molecule has 0 aromatic carbocycles. The third kappa shape index (κ3) is 7.88. The van der Waals surface area contributed by atoms with Crippen LogP contribution in [-0.4, -0.2) is 19.0 Å². The maximum absolute atomic E-state index is 11.9. The number of amides is 1. The molecule has 0 aromatic heterocycles. The maximum Gasteiger partial charge on any atom is 0.220 e. The molecule has 3 heteroatoms. The second kappa shape index (κ2) is 11.1. The molecule has 1 fully saturated rings. The van der Waals surface area contributed by atoms with Gasteiger partial charge in [-0.2, -0.15) is 0 Å². The van der Waals surface area contributed by atoms with E-state index >= 15 is 0 Å². The van der Waals surface area contributed by atoms with Crippen molar-refractivity contribution in [3.8, 4) is 0 Å². The first kappa shape index (κ1) is 17.5. The molecule has 0 heterocycles. The fourth-order valence-electron chi connectivity index (χ4n) is 3.14. The van der Waals surface area contributed by atoms with E-state index in [1.165, 1.54) is 57.8 Å². The molecule has 0 aromatic rings. The second-order valence-electron chi connectivity index (χ2n) is 6.44. The highest BCUT2D eigenvalue weighted by atomic mass is 16.1. The van der Waals surface area contributed by atoms with Gasteiger partial charge in [-0.05, 0) is 50.5 Å². The van der Waals surface area contributed by atoms with Gasteiger partial charge < -0.3 is 11.1 Å². The van der Waals surface area contributed by atoms with Crippen LogP contribution in [0, 0.1) is 11.8 Å². The quantitative estimate of drug-likeness (QED) is 0.601. The molecular formula is C17H34N2O. The standard InChI is InChI=1S/C17H34N2O/c1-2-3-4-5-6-7-12-19-17(20)13-15-8-10-16(14-18)11-9-15/h15-16H,2-14,18H2,1H3,(H,19,20). The van der Waals surface area contributed by atoms with Crippen molar-refractivity contribution in [2.75, 3.05) is 13.1 Å². The van der Waals surface area contributed by atoms with Gasteiger partial charge in [0.05, 0.1) is 0 Å². The summed E-state index contributed by atoms with van der Waals surface area (Å²) in [6, 6.07) is 0. The van der Waals surface area contributed by atoms with Gasteiger partial charge >= 0.3 is 0 Å². The van der Waals surface area contributed by atoms with Crippen LogP contribution in [-0.2, 0) is 4.79 Å². The van der Waals surface area contributed by atoms with Crippen molar-refractivity contribution in [2.45, 2.75) is 77.6 Å². The predicted molar refractivity (Wildman–Crippen MR) is 85.5 cm³/mol. The number of carbonyl (C=O) groups excluding carboxylic acids is 1. The van der Waals surface area contributed by atoms with E-state index in [2.05, 4.69) is 12.2 Å². The molecule has 20 heavy (non-hydrogen) atoms. The van der Waals surface area contributed by atoms with Crippen LogP contribution in [0.15, 0.2) is 0 Å². The minimum absolute atomic E-state index is 0.259. The Morgan fingerprint density at radius 1 is 1.00 bits per heavy atom. The van der Waals surface area contributed by atoms with E-state index in [0.29, 0.717) is 11.8 Å². The Labute approximate surface area is 125 Å². The van der Waals surface area contributed by atoms with E-state index in [-0.39, 0.29) is 5.91 Å². The van der Waals surface area contributed by atoms with Crippen molar-refractivity contribution in [1.82, 2.24) is 5.32 Å². The van der Waals surface area contributed by atoms with Gasteiger partial charge in [-0.15, -0.1) is 0 Å². The smallest absolute Gasteiger partial charge is 0.220 e. The van der Waals surface area contributed by atoms with E-state index in [1.807, 2.05) is 0 Å². The summed E-state index contributed by atoms with van der Waals surface area (Å²) in [5, 5.41) is 3.08. The molecule has 0 bridgehead atoms. The number of unbranched alkanes of at least 4 members (excludes halogenated alkanes) is 5. The highest BCUT2D eigenvalue weighted by Gasteiger charge is 2.21. The summed E-state index contributed by atoms with van der Waals surface area (Å²) in [5.41, 5.74) is 5.70. The summed E-state index contributed by atoms with van der Waals surface area (Å²) >= 11 is 0. The summed E-state index contributed by atoms with van der Waals surface area (Å²) in [6.45, 7) is 3.92. The van der Waals surface area contributed by atoms with Gasteiger partial charge in [0.1, 0.15) is 0 Å². The van der Waals surface area contributed by atoms with Crippen molar-refractivity contribution >= 4 is 5.91 Å². The van der Waals surface area contributed by atoms with Crippen LogP contribution < -0.4 is 11.1 Å². The summed E-state index contributed by atoms with van der Waals surface area (Å²) < 4.78 is 0. The van der Waals surface area contributed by atoms with Gasteiger partial charge in [0, 0.05) is 13.0 Å². The van der Waals surface area contributed by atoms with Gasteiger partial charge in [0.15, 0.2) is 0 Å². The molecule has 0 aliphatic heterocycles. The maximum atomic E-state index is 11.9. The zero-order chi connectivity index (χ0) is 14.6. The molecule has 1 saturated carbocycles. The molecule has 118 valence electrons. The minimum Gasteiger partial charge on any atom is -0.356 e. The molecule has 1 aliphatic rings. The van der Waals surface area contributed by atoms with Gasteiger partial charge in [-0.25, -0.2) is 0 Å². The first-order chi connectivity index (χ1) is 9.76. The molecule has 0 saturated heterocycles. The summed E-state index contributed by atoms with van der Waals surface area (Å²) in [6.07, 6.45) is 13.2. The van der Waals surface area contributed by atoms with Crippen LogP contribution in [0.2, 0.25) is 0 Å². The van der Waals surface area contributed by atoms with Crippen molar-refractivity contribution in [1.29, 1.82) is 0 Å². The monoisotopic (exact) mass is 282 g/mol. The fraction of sp³-hybridized carbons (Fsp3) is 0.941. The average molecular weight is 282 g/mol. The molecule has 0 unspecified atom stereocenters. The largest absolute Gasteiger partial charge is 0.356 e. The van der Waals surface area contributed by atoms with Gasteiger partial charge in [-0.1, -0.05) is 39.0 Å². The summed E-state index contributed by atoms with van der Waals surface area (Å²) in [4.78, 5) is 11.9. The number of hydrogen-bond acceptors (Lipinski definition) is 2. The van der Waals surface area contributed by atoms with E-state index in [4.69, 9.17) is 5.73 Å². The molecule has 1 amide bonds. The Kier molecular flexibility index (Phi) is 9.73. The Hall–Kier alpha value is -0.570. The van der Waals surface area contributed by atoms with Crippen molar-refractivity contribution in [2.24, 2.45) is 17.6 Å². The van der Waals surface area contributed by atoms with Crippen molar-refractivity contribution in [3.05, 3.63) is 0 Å². The van der Waals surface area contributed by atoms with Crippen LogP contribution in [0.5, 0.6) is 0 Å². The van der Waals surface area contributed by atoms with Crippen LogP contribution in [0.3, 0.4) is 0 Å². The SMILES string of the molecule is CCCCCCCCNC(=O)CC1CCC(CN)CC1. The molecule has 3 nitrogen and oxygen atoms in total. The number of rotatable bonds is 10. The molecule has 3 N–H and O–H groups in total.